The van der Waals surface area contributed by atoms with Crippen molar-refractivity contribution in [3.8, 4) is 0 Å². The Kier molecular flexibility index (Phi) is 20.2. The Balaban J connectivity index is -0.000000414. The number of hydrogen-bond acceptors (Lipinski definition) is 0. The van der Waals surface area contributed by atoms with E-state index in [9.17, 15) is 0 Å². The van der Waals surface area contributed by atoms with Gasteiger partial charge in [-0.05, 0) is 44.1 Å². The Labute approximate surface area is 138 Å². The van der Waals surface area contributed by atoms with Gasteiger partial charge in [0.15, 0.2) is 0 Å². The molecule has 106 valence electrons. The zero-order chi connectivity index (χ0) is 16.0. The van der Waals surface area contributed by atoms with Gasteiger partial charge in [-0.25, -0.2) is 0 Å². The molecule has 1 saturated carbocycles. The van der Waals surface area contributed by atoms with E-state index in [0.29, 0.717) is 0 Å². The molecule has 4 heteroatoms. The van der Waals surface area contributed by atoms with Crippen molar-refractivity contribution in [2.45, 2.75) is 13.8 Å². The minimum Gasteiger partial charge on any atom is 0 e. The molecule has 1 aliphatic carbocycles. The average molecular weight is 318 g/mol. The first-order valence-electron chi connectivity index (χ1n) is 5.51. The normalized spacial score (nSPS) is 13.5. The van der Waals surface area contributed by atoms with Gasteiger partial charge in [0.05, 0.1) is 0 Å². The summed E-state index contributed by atoms with van der Waals surface area (Å²) in [5, 5.41) is 0. The first-order chi connectivity index (χ1) is 9.75. The quantitative estimate of drug-likeness (QED) is 0.564. The molecule has 0 amide bonds. The summed E-state index contributed by atoms with van der Waals surface area (Å²) >= 11 is 0. The van der Waals surface area contributed by atoms with Crippen LogP contribution in [0.1, 0.15) is 18.1 Å². The number of hydrogen-bond donors (Lipinski definition) is 0. The molecule has 2 rings (SSSR count). The van der Waals surface area contributed by atoms with Crippen molar-refractivity contribution in [3.05, 3.63) is 92.9 Å². The van der Waals surface area contributed by atoms with Gasteiger partial charge in [-0.3, -0.25) is 0 Å². The maximum Gasteiger partial charge on any atom is 0 e. The minimum atomic E-state index is 0. The van der Waals surface area contributed by atoms with Gasteiger partial charge in [0.1, 0.15) is 0 Å². The Morgan fingerprint density at radius 1 is 0.667 bits per heavy atom. The third-order valence-electron chi connectivity index (χ3n) is 2.44. The van der Waals surface area contributed by atoms with Gasteiger partial charge in [-0.15, -0.1) is 0 Å². The monoisotopic (exact) mass is 318 g/mol. The van der Waals surface area contributed by atoms with E-state index >= 15 is 0 Å². The second-order valence-electron chi connectivity index (χ2n) is 3.73. The smallest absolute Gasteiger partial charge is 0 e. The van der Waals surface area contributed by atoms with Crippen molar-refractivity contribution >= 4 is 0 Å². The average Bonchev–Trinajstić information content (AvgIpc) is 2.55. The fourth-order valence-electron chi connectivity index (χ4n) is 1.49. The second-order valence-corrected chi connectivity index (χ2v) is 3.73. The molecule has 0 heterocycles. The first-order valence-corrected chi connectivity index (χ1v) is 5.51. The fraction of sp³-hybridized carbons (Fsp3) is 0.118. The van der Waals surface area contributed by atoms with Crippen LogP contribution >= 0.6 is 0 Å². The topological polar surface area (TPSA) is 59.7 Å². The van der Waals surface area contributed by atoms with Gasteiger partial charge in [-0.1, -0.05) is 36.8 Å². The molecule has 0 aromatic heterocycles. The van der Waals surface area contributed by atoms with Gasteiger partial charge in [0.25, 0.3) is 0 Å². The first kappa shape index (κ1) is 25.0. The predicted molar refractivity (Wildman–Crippen MR) is 71.4 cm³/mol. The van der Waals surface area contributed by atoms with Crippen LogP contribution in [0.3, 0.4) is 0 Å². The zero-order valence-corrected chi connectivity index (χ0v) is 13.0. The molecule has 0 spiro atoms. The maximum absolute atomic E-state index is 7.50. The van der Waals surface area contributed by atoms with E-state index in [1.54, 1.807) is 0 Å². The van der Waals surface area contributed by atoms with E-state index < -0.39 is 0 Å². The number of benzene rings is 1. The van der Waals surface area contributed by atoms with Gasteiger partial charge in [0, 0.05) is 23.3 Å². The van der Waals surface area contributed by atoms with Crippen LogP contribution in [0, 0.1) is 64.4 Å². The van der Waals surface area contributed by atoms with Gasteiger partial charge >= 0.3 is 33.9 Å². The Morgan fingerprint density at radius 2 is 1.05 bits per heavy atom. The van der Waals surface area contributed by atoms with Crippen LogP contribution in [0.4, 0.5) is 0 Å². The summed E-state index contributed by atoms with van der Waals surface area (Å²) in [6, 6.07) is 8.63. The predicted octanol–water partition coefficient (Wildman–Crippen LogP) is 3.23. The van der Waals surface area contributed by atoms with Crippen LogP contribution in [0.25, 0.3) is 0 Å². The molecule has 0 unspecified atom stereocenters. The third kappa shape index (κ3) is 10.4. The molecule has 6 radical (unpaired) electrons. The van der Waals surface area contributed by atoms with E-state index in [2.05, 4.69) is 83.7 Å². The van der Waals surface area contributed by atoms with Crippen molar-refractivity contribution in [2.75, 3.05) is 0 Å². The summed E-state index contributed by atoms with van der Waals surface area (Å²) in [6.45, 7) is 17.7. The van der Waals surface area contributed by atoms with Crippen LogP contribution < -0.4 is 0 Å². The van der Waals surface area contributed by atoms with E-state index in [-0.39, 0.29) is 17.4 Å². The Morgan fingerprint density at radius 3 is 1.43 bits per heavy atom. The van der Waals surface area contributed by atoms with E-state index in [1.807, 2.05) is 0 Å². The molecular formula is C17H14CrO3. The molecule has 1 aliphatic rings. The van der Waals surface area contributed by atoms with Crippen LogP contribution in [0.15, 0.2) is 24.3 Å². The summed E-state index contributed by atoms with van der Waals surface area (Å²) in [5.41, 5.74) is 2.59. The van der Waals surface area contributed by atoms with Crippen molar-refractivity contribution in [3.63, 3.8) is 0 Å². The molecule has 0 saturated heterocycles. The third-order valence-corrected chi connectivity index (χ3v) is 2.44. The standard InChI is InChI=1S/C14H14.3CO.Cr/c1-11-3-7-13(8-4-11)14-9-5-12(2)6-10-14;3*1-2;/h3-10H,1-2H3;;;;. The molecule has 21 heavy (non-hydrogen) atoms. The van der Waals surface area contributed by atoms with Crippen molar-refractivity contribution in [1.29, 1.82) is 0 Å². The van der Waals surface area contributed by atoms with Crippen molar-refractivity contribution in [1.82, 2.24) is 0 Å². The summed E-state index contributed by atoms with van der Waals surface area (Å²) in [5.74, 6) is 2.59. The van der Waals surface area contributed by atoms with Crippen LogP contribution in [0.2, 0.25) is 0 Å². The van der Waals surface area contributed by atoms with Gasteiger partial charge in [-0.2, -0.15) is 0 Å². The summed E-state index contributed by atoms with van der Waals surface area (Å²) in [4.78, 5) is 0. The molecule has 0 bridgehead atoms. The molecule has 0 aliphatic heterocycles. The largest absolute Gasteiger partial charge is 0 e. The summed E-state index contributed by atoms with van der Waals surface area (Å²) in [6.07, 6.45) is 8.63. The molecule has 1 aromatic carbocycles. The summed E-state index contributed by atoms with van der Waals surface area (Å²) < 4.78 is 22.5. The van der Waals surface area contributed by atoms with Crippen LogP contribution in [0.5, 0.6) is 0 Å². The Hall–Kier alpha value is -1.03. The second kappa shape index (κ2) is 17.0. The van der Waals surface area contributed by atoms with E-state index in [4.69, 9.17) is 14.0 Å². The molecule has 1 aromatic rings. The van der Waals surface area contributed by atoms with E-state index in [1.165, 1.54) is 23.0 Å². The molecule has 1 fully saturated rings. The zero-order valence-electron chi connectivity index (χ0n) is 11.8. The van der Waals surface area contributed by atoms with Crippen molar-refractivity contribution < 1.29 is 31.3 Å². The SMILES string of the molecule is C[C]1[CH][CH][C](c2ccc(C)cc2)[CH][CH]1.[C-]#[O+].[C-]#[O+].[C-]#[O+].[Cr]. The summed E-state index contributed by atoms with van der Waals surface area (Å²) in [7, 11) is 0. The molecule has 3 nitrogen and oxygen atoms in total. The minimum absolute atomic E-state index is 0. The van der Waals surface area contributed by atoms with Crippen LogP contribution in [-0.4, -0.2) is 0 Å². The number of aryl methyl sites for hydroxylation is 1. The maximum atomic E-state index is 7.50. The Bertz CT molecular complexity index is 384. The van der Waals surface area contributed by atoms with Crippen molar-refractivity contribution in [2.24, 2.45) is 0 Å². The molecular weight excluding hydrogens is 304 g/mol. The van der Waals surface area contributed by atoms with Gasteiger partial charge in [0.2, 0.25) is 0 Å². The molecule has 0 N–H and O–H groups in total. The van der Waals surface area contributed by atoms with Gasteiger partial charge < -0.3 is 0 Å². The fourth-order valence-corrected chi connectivity index (χ4v) is 1.49. The number of rotatable bonds is 1. The van der Waals surface area contributed by atoms with Crippen LogP contribution in [-0.2, 0) is 31.3 Å². The van der Waals surface area contributed by atoms with E-state index in [0.717, 1.165) is 0 Å². The molecule has 0 atom stereocenters.